The number of hydrogen-bond donors (Lipinski definition) is 1. The highest BCUT2D eigenvalue weighted by molar-refractivity contribution is 5.78. The van der Waals surface area contributed by atoms with Crippen molar-refractivity contribution in [2.75, 3.05) is 26.2 Å². The van der Waals surface area contributed by atoms with E-state index in [9.17, 15) is 4.79 Å². The van der Waals surface area contributed by atoms with Crippen LogP contribution in [0.4, 0.5) is 0 Å². The number of morpholine rings is 1. The molecule has 0 aliphatic carbocycles. The highest BCUT2D eigenvalue weighted by Crippen LogP contribution is 2.17. The summed E-state index contributed by atoms with van der Waals surface area (Å²) in [4.78, 5) is 13.7. The average molecular weight is 200 g/mol. The normalized spacial score (nSPS) is 23.3. The van der Waals surface area contributed by atoms with Crippen LogP contribution in [0.2, 0.25) is 0 Å². The van der Waals surface area contributed by atoms with Gasteiger partial charge in [-0.05, 0) is 13.8 Å². The second-order valence-electron chi connectivity index (χ2n) is 4.50. The van der Waals surface area contributed by atoms with Crippen LogP contribution >= 0.6 is 0 Å². The van der Waals surface area contributed by atoms with Gasteiger partial charge in [0.2, 0.25) is 5.91 Å². The molecular formula is C10H20N2O2. The SMILES string of the molecule is CC(CN)C(=O)N1CCOC(C)(C)C1. The van der Waals surface area contributed by atoms with Gasteiger partial charge >= 0.3 is 0 Å². The quantitative estimate of drug-likeness (QED) is 0.693. The van der Waals surface area contributed by atoms with Crippen molar-refractivity contribution in [3.63, 3.8) is 0 Å². The molecule has 1 rings (SSSR count). The fourth-order valence-corrected chi connectivity index (χ4v) is 1.62. The molecule has 1 aliphatic rings. The van der Waals surface area contributed by atoms with Crippen LogP contribution in [0.5, 0.6) is 0 Å². The smallest absolute Gasteiger partial charge is 0.226 e. The first-order chi connectivity index (χ1) is 6.46. The third kappa shape index (κ3) is 2.69. The van der Waals surface area contributed by atoms with Crippen molar-refractivity contribution in [2.45, 2.75) is 26.4 Å². The summed E-state index contributed by atoms with van der Waals surface area (Å²) in [5.74, 6) is 0.0628. The number of hydrogen-bond acceptors (Lipinski definition) is 3. The van der Waals surface area contributed by atoms with Crippen LogP contribution in [-0.2, 0) is 9.53 Å². The van der Waals surface area contributed by atoms with E-state index in [-0.39, 0.29) is 17.4 Å². The summed E-state index contributed by atoms with van der Waals surface area (Å²) < 4.78 is 5.53. The minimum absolute atomic E-state index is 0.0797. The largest absolute Gasteiger partial charge is 0.372 e. The maximum Gasteiger partial charge on any atom is 0.226 e. The molecule has 4 nitrogen and oxygen atoms in total. The molecule has 1 fully saturated rings. The molecule has 0 radical (unpaired) electrons. The first-order valence-electron chi connectivity index (χ1n) is 5.09. The molecular weight excluding hydrogens is 180 g/mol. The number of carbonyl (C=O) groups excluding carboxylic acids is 1. The van der Waals surface area contributed by atoms with Crippen molar-refractivity contribution < 1.29 is 9.53 Å². The van der Waals surface area contributed by atoms with Crippen LogP contribution in [0.3, 0.4) is 0 Å². The summed E-state index contributed by atoms with van der Waals surface area (Å²) in [6.45, 7) is 8.25. The molecule has 1 heterocycles. The topological polar surface area (TPSA) is 55.6 Å². The van der Waals surface area contributed by atoms with Crippen molar-refractivity contribution in [3.05, 3.63) is 0 Å². The molecule has 0 aromatic rings. The fraction of sp³-hybridized carbons (Fsp3) is 0.900. The minimum Gasteiger partial charge on any atom is -0.372 e. The molecule has 0 spiro atoms. The van der Waals surface area contributed by atoms with E-state index >= 15 is 0 Å². The zero-order valence-corrected chi connectivity index (χ0v) is 9.25. The minimum atomic E-state index is -0.220. The maximum absolute atomic E-state index is 11.8. The highest BCUT2D eigenvalue weighted by Gasteiger charge is 2.31. The molecule has 2 N–H and O–H groups in total. The first-order valence-corrected chi connectivity index (χ1v) is 5.09. The summed E-state index contributed by atoms with van der Waals surface area (Å²) in [6.07, 6.45) is 0. The molecule has 4 heteroatoms. The Kier molecular flexibility index (Phi) is 3.50. The van der Waals surface area contributed by atoms with Gasteiger partial charge in [0.25, 0.3) is 0 Å². The monoisotopic (exact) mass is 200 g/mol. The van der Waals surface area contributed by atoms with E-state index in [1.807, 2.05) is 25.7 Å². The summed E-state index contributed by atoms with van der Waals surface area (Å²) in [5.41, 5.74) is 5.25. The fourth-order valence-electron chi connectivity index (χ4n) is 1.62. The number of nitrogens with zero attached hydrogens (tertiary/aromatic N) is 1. The van der Waals surface area contributed by atoms with E-state index in [4.69, 9.17) is 10.5 Å². The molecule has 0 bridgehead atoms. The van der Waals surface area contributed by atoms with Crippen molar-refractivity contribution in [3.8, 4) is 0 Å². The van der Waals surface area contributed by atoms with Gasteiger partial charge in [-0.2, -0.15) is 0 Å². The number of nitrogens with two attached hydrogens (primary N) is 1. The lowest BCUT2D eigenvalue weighted by molar-refractivity contribution is -0.149. The van der Waals surface area contributed by atoms with Crippen LogP contribution in [0, 0.1) is 5.92 Å². The Morgan fingerprint density at radius 2 is 2.29 bits per heavy atom. The second-order valence-corrected chi connectivity index (χ2v) is 4.50. The second kappa shape index (κ2) is 4.28. The molecule has 1 saturated heterocycles. The van der Waals surface area contributed by atoms with Crippen LogP contribution in [0.25, 0.3) is 0 Å². The van der Waals surface area contributed by atoms with Crippen molar-refractivity contribution >= 4 is 5.91 Å². The first kappa shape index (κ1) is 11.5. The lowest BCUT2D eigenvalue weighted by Crippen LogP contribution is -2.52. The third-order valence-corrected chi connectivity index (χ3v) is 2.51. The average Bonchev–Trinajstić information content (AvgIpc) is 2.14. The standard InChI is InChI=1S/C10H20N2O2/c1-8(6-11)9(13)12-4-5-14-10(2,3)7-12/h8H,4-7,11H2,1-3H3. The van der Waals surface area contributed by atoms with Gasteiger partial charge in [0, 0.05) is 25.6 Å². The van der Waals surface area contributed by atoms with Crippen LogP contribution < -0.4 is 5.73 Å². The predicted octanol–water partition coefficient (Wildman–Crippen LogP) is 0.219. The highest BCUT2D eigenvalue weighted by atomic mass is 16.5. The van der Waals surface area contributed by atoms with Gasteiger partial charge < -0.3 is 15.4 Å². The molecule has 1 amide bonds. The lowest BCUT2D eigenvalue weighted by Gasteiger charge is -2.39. The maximum atomic E-state index is 11.8. The summed E-state index contributed by atoms with van der Waals surface area (Å²) in [7, 11) is 0. The molecule has 1 unspecified atom stereocenters. The van der Waals surface area contributed by atoms with E-state index in [1.54, 1.807) is 0 Å². The molecule has 1 atom stereocenters. The summed E-state index contributed by atoms with van der Waals surface area (Å²) in [6, 6.07) is 0. The predicted molar refractivity (Wildman–Crippen MR) is 54.8 cm³/mol. The van der Waals surface area contributed by atoms with Crippen molar-refractivity contribution in [1.82, 2.24) is 4.90 Å². The van der Waals surface area contributed by atoms with Gasteiger partial charge in [0.05, 0.1) is 12.2 Å². The van der Waals surface area contributed by atoms with E-state index in [0.717, 1.165) is 0 Å². The third-order valence-electron chi connectivity index (χ3n) is 2.51. The number of carbonyl (C=O) groups is 1. The zero-order chi connectivity index (χ0) is 10.8. The Bertz CT molecular complexity index is 216. The summed E-state index contributed by atoms with van der Waals surface area (Å²) >= 11 is 0. The van der Waals surface area contributed by atoms with Gasteiger partial charge in [0.1, 0.15) is 0 Å². The Hall–Kier alpha value is -0.610. The number of amides is 1. The Morgan fingerprint density at radius 3 is 2.79 bits per heavy atom. The number of ether oxygens (including phenoxy) is 1. The lowest BCUT2D eigenvalue weighted by atomic mass is 10.0. The van der Waals surface area contributed by atoms with Gasteiger partial charge in [0.15, 0.2) is 0 Å². The molecule has 14 heavy (non-hydrogen) atoms. The molecule has 1 aliphatic heterocycles. The van der Waals surface area contributed by atoms with Gasteiger partial charge in [-0.1, -0.05) is 6.92 Å². The van der Waals surface area contributed by atoms with E-state index in [1.165, 1.54) is 0 Å². The van der Waals surface area contributed by atoms with Gasteiger partial charge in [-0.3, -0.25) is 4.79 Å². The Balaban J connectivity index is 2.56. The molecule has 82 valence electrons. The molecule has 0 saturated carbocycles. The van der Waals surface area contributed by atoms with Crippen molar-refractivity contribution in [1.29, 1.82) is 0 Å². The van der Waals surface area contributed by atoms with Crippen molar-refractivity contribution in [2.24, 2.45) is 11.7 Å². The number of rotatable bonds is 2. The summed E-state index contributed by atoms with van der Waals surface area (Å²) in [5, 5.41) is 0. The van der Waals surface area contributed by atoms with Gasteiger partial charge in [-0.15, -0.1) is 0 Å². The Morgan fingerprint density at radius 1 is 1.64 bits per heavy atom. The molecule has 0 aromatic carbocycles. The van der Waals surface area contributed by atoms with E-state index < -0.39 is 0 Å². The van der Waals surface area contributed by atoms with E-state index in [0.29, 0.717) is 26.2 Å². The zero-order valence-electron chi connectivity index (χ0n) is 9.25. The molecule has 0 aromatic heterocycles. The Labute approximate surface area is 85.4 Å². The van der Waals surface area contributed by atoms with Crippen LogP contribution in [0.1, 0.15) is 20.8 Å². The van der Waals surface area contributed by atoms with Gasteiger partial charge in [-0.25, -0.2) is 0 Å². The van der Waals surface area contributed by atoms with Crippen LogP contribution in [0.15, 0.2) is 0 Å². The van der Waals surface area contributed by atoms with E-state index in [2.05, 4.69) is 0 Å². The van der Waals surface area contributed by atoms with Crippen LogP contribution in [-0.4, -0.2) is 42.6 Å².